The van der Waals surface area contributed by atoms with Crippen molar-refractivity contribution < 1.29 is 38.4 Å². The standard InChI is InChI=1S/C19H15BrN2O10/c1-29-16-8-10(6-12(18(23)30-2)19(24)31-3)7-13(20)17(16)32-15-5-4-11(21(25)26)9-14(15)22(27)28/h4-9H,1-3H3. The number of carbonyl (C=O) groups excluding carboxylic acids is 2. The Labute approximate surface area is 188 Å². The van der Waals surface area contributed by atoms with E-state index in [-0.39, 0.29) is 27.3 Å². The molecule has 32 heavy (non-hydrogen) atoms. The Bertz CT molecular complexity index is 1110. The Morgan fingerprint density at radius 3 is 2.06 bits per heavy atom. The van der Waals surface area contributed by atoms with Gasteiger partial charge in [-0.2, -0.15) is 0 Å². The summed E-state index contributed by atoms with van der Waals surface area (Å²) in [6.45, 7) is 0. The first-order chi connectivity index (χ1) is 15.1. The van der Waals surface area contributed by atoms with Crippen molar-refractivity contribution in [2.75, 3.05) is 21.3 Å². The summed E-state index contributed by atoms with van der Waals surface area (Å²) >= 11 is 3.25. The van der Waals surface area contributed by atoms with Gasteiger partial charge in [0.15, 0.2) is 11.5 Å². The SMILES string of the molecule is COC(=O)C(=Cc1cc(Br)c(Oc2ccc([N+](=O)[O-])cc2[N+](=O)[O-])c(OC)c1)C(=O)OC. The van der Waals surface area contributed by atoms with Gasteiger partial charge < -0.3 is 18.9 Å². The molecule has 0 bridgehead atoms. The number of ether oxygens (including phenoxy) is 4. The van der Waals surface area contributed by atoms with Gasteiger partial charge in [-0.05, 0) is 45.8 Å². The second-order valence-electron chi connectivity index (χ2n) is 5.84. The third kappa shape index (κ3) is 5.37. The van der Waals surface area contributed by atoms with E-state index in [1.54, 1.807) is 0 Å². The van der Waals surface area contributed by atoms with Crippen molar-refractivity contribution in [2.24, 2.45) is 0 Å². The minimum Gasteiger partial charge on any atom is -0.493 e. The van der Waals surface area contributed by atoms with Crippen molar-refractivity contribution in [3.63, 3.8) is 0 Å². The second-order valence-corrected chi connectivity index (χ2v) is 6.70. The third-order valence-corrected chi connectivity index (χ3v) is 4.52. The van der Waals surface area contributed by atoms with Crippen molar-refractivity contribution in [1.29, 1.82) is 0 Å². The molecule has 0 amide bonds. The molecule has 0 fully saturated rings. The highest BCUT2D eigenvalue weighted by Crippen LogP contribution is 2.43. The summed E-state index contributed by atoms with van der Waals surface area (Å²) < 4.78 is 20.3. The largest absolute Gasteiger partial charge is 0.493 e. The van der Waals surface area contributed by atoms with Crippen LogP contribution in [-0.4, -0.2) is 43.1 Å². The van der Waals surface area contributed by atoms with Crippen LogP contribution in [0.1, 0.15) is 5.56 Å². The van der Waals surface area contributed by atoms with Gasteiger partial charge in [-0.15, -0.1) is 0 Å². The molecule has 0 spiro atoms. The highest BCUT2D eigenvalue weighted by Gasteiger charge is 2.24. The predicted molar refractivity (Wildman–Crippen MR) is 113 cm³/mol. The van der Waals surface area contributed by atoms with Gasteiger partial charge in [-0.1, -0.05) is 0 Å². The van der Waals surface area contributed by atoms with Crippen LogP contribution in [-0.2, 0) is 19.1 Å². The number of halogens is 1. The number of esters is 2. The van der Waals surface area contributed by atoms with E-state index >= 15 is 0 Å². The van der Waals surface area contributed by atoms with E-state index in [1.807, 2.05) is 0 Å². The number of nitrogens with zero attached hydrogens (tertiary/aromatic N) is 2. The quantitative estimate of drug-likeness (QED) is 0.128. The Morgan fingerprint density at radius 2 is 1.56 bits per heavy atom. The van der Waals surface area contributed by atoms with Crippen LogP contribution in [0.5, 0.6) is 17.2 Å². The maximum Gasteiger partial charge on any atom is 0.345 e. The van der Waals surface area contributed by atoms with Gasteiger partial charge in [0.25, 0.3) is 5.69 Å². The van der Waals surface area contributed by atoms with Crippen LogP contribution in [0, 0.1) is 20.2 Å². The van der Waals surface area contributed by atoms with Crippen molar-refractivity contribution in [1.82, 2.24) is 0 Å². The van der Waals surface area contributed by atoms with Gasteiger partial charge in [-0.25, -0.2) is 9.59 Å². The van der Waals surface area contributed by atoms with Gasteiger partial charge in [0.05, 0.1) is 41.7 Å². The Hall–Kier alpha value is -4.00. The zero-order valence-corrected chi connectivity index (χ0v) is 18.4. The summed E-state index contributed by atoms with van der Waals surface area (Å²) in [5.41, 5.74) is -1.18. The van der Waals surface area contributed by atoms with Gasteiger partial charge in [0.2, 0.25) is 5.75 Å². The van der Waals surface area contributed by atoms with E-state index in [0.717, 1.165) is 32.4 Å². The Balaban J connectivity index is 2.56. The molecule has 0 aromatic heterocycles. The highest BCUT2D eigenvalue weighted by atomic mass is 79.9. The lowest BCUT2D eigenvalue weighted by Crippen LogP contribution is -2.15. The molecule has 0 saturated heterocycles. The number of hydrogen-bond acceptors (Lipinski definition) is 10. The number of nitro benzene ring substituents is 2. The van der Waals surface area contributed by atoms with Crippen LogP contribution in [0.3, 0.4) is 0 Å². The minimum atomic E-state index is -0.922. The Kier molecular flexibility index (Phi) is 7.85. The fourth-order valence-electron chi connectivity index (χ4n) is 2.47. The molecule has 0 radical (unpaired) electrons. The van der Waals surface area contributed by atoms with Gasteiger partial charge in [0, 0.05) is 6.07 Å². The number of hydrogen-bond donors (Lipinski definition) is 0. The lowest BCUT2D eigenvalue weighted by Gasteiger charge is -2.13. The second kappa shape index (κ2) is 10.3. The molecule has 0 heterocycles. The first kappa shape index (κ1) is 24.3. The van der Waals surface area contributed by atoms with E-state index in [2.05, 4.69) is 25.4 Å². The molecule has 2 aromatic rings. The van der Waals surface area contributed by atoms with E-state index in [9.17, 15) is 29.8 Å². The van der Waals surface area contributed by atoms with Crippen LogP contribution in [0.4, 0.5) is 11.4 Å². The molecule has 0 saturated carbocycles. The Morgan fingerprint density at radius 1 is 0.938 bits per heavy atom. The number of non-ortho nitro benzene ring substituents is 1. The predicted octanol–water partition coefficient (Wildman–Crippen LogP) is 3.80. The summed E-state index contributed by atoms with van der Waals surface area (Å²) in [5.74, 6) is -2.03. The third-order valence-electron chi connectivity index (χ3n) is 3.94. The summed E-state index contributed by atoms with van der Waals surface area (Å²) in [7, 11) is 3.50. The first-order valence-electron chi connectivity index (χ1n) is 8.49. The van der Waals surface area contributed by atoms with Crippen LogP contribution >= 0.6 is 15.9 Å². The highest BCUT2D eigenvalue weighted by molar-refractivity contribution is 9.10. The van der Waals surface area contributed by atoms with Crippen LogP contribution < -0.4 is 9.47 Å². The first-order valence-corrected chi connectivity index (χ1v) is 9.28. The zero-order valence-electron chi connectivity index (χ0n) is 16.8. The summed E-state index contributed by atoms with van der Waals surface area (Å²) in [6, 6.07) is 5.75. The van der Waals surface area contributed by atoms with E-state index in [4.69, 9.17) is 9.47 Å². The topological polar surface area (TPSA) is 157 Å². The molecule has 13 heteroatoms. The molecule has 0 unspecified atom stereocenters. The van der Waals surface area contributed by atoms with Crippen molar-refractivity contribution >= 4 is 45.3 Å². The molecule has 168 valence electrons. The van der Waals surface area contributed by atoms with Crippen molar-refractivity contribution in [2.45, 2.75) is 0 Å². The maximum atomic E-state index is 11.9. The molecular formula is C19H15BrN2O10. The average Bonchev–Trinajstić information content (AvgIpc) is 2.77. The molecule has 0 atom stereocenters. The van der Waals surface area contributed by atoms with Gasteiger partial charge in [0.1, 0.15) is 5.57 Å². The molecule has 2 aromatic carbocycles. The summed E-state index contributed by atoms with van der Waals surface area (Å²) in [6.07, 6.45) is 1.20. The number of rotatable bonds is 8. The minimum absolute atomic E-state index is 0.0132. The smallest absolute Gasteiger partial charge is 0.345 e. The lowest BCUT2D eigenvalue weighted by atomic mass is 10.1. The molecule has 0 aliphatic carbocycles. The molecule has 0 aliphatic heterocycles. The van der Waals surface area contributed by atoms with E-state index < -0.39 is 33.2 Å². The summed E-state index contributed by atoms with van der Waals surface area (Å²) in [4.78, 5) is 44.4. The fourth-order valence-corrected chi connectivity index (χ4v) is 3.01. The molecular weight excluding hydrogens is 496 g/mol. The number of carbonyl (C=O) groups is 2. The molecule has 0 aliphatic rings. The fraction of sp³-hybridized carbons (Fsp3) is 0.158. The molecule has 0 N–H and O–H groups in total. The number of benzene rings is 2. The van der Waals surface area contributed by atoms with E-state index in [1.165, 1.54) is 25.3 Å². The lowest BCUT2D eigenvalue weighted by molar-refractivity contribution is -0.394. The van der Waals surface area contributed by atoms with Crippen molar-refractivity contribution in [3.05, 3.63) is 66.2 Å². The monoisotopic (exact) mass is 510 g/mol. The van der Waals surface area contributed by atoms with Crippen LogP contribution in [0.2, 0.25) is 0 Å². The van der Waals surface area contributed by atoms with E-state index in [0.29, 0.717) is 5.56 Å². The normalized spacial score (nSPS) is 10.0. The molecule has 12 nitrogen and oxygen atoms in total. The zero-order chi connectivity index (χ0) is 24.0. The molecule has 2 rings (SSSR count). The average molecular weight is 511 g/mol. The van der Waals surface area contributed by atoms with Gasteiger partial charge in [-0.3, -0.25) is 20.2 Å². The van der Waals surface area contributed by atoms with Gasteiger partial charge >= 0.3 is 17.6 Å². The van der Waals surface area contributed by atoms with Crippen molar-refractivity contribution in [3.8, 4) is 17.2 Å². The number of methoxy groups -OCH3 is 3. The summed E-state index contributed by atoms with van der Waals surface area (Å²) in [5, 5.41) is 22.3. The van der Waals surface area contributed by atoms with Crippen LogP contribution in [0.15, 0.2) is 40.4 Å². The maximum absolute atomic E-state index is 11.9. The number of nitro groups is 2. The van der Waals surface area contributed by atoms with Crippen LogP contribution in [0.25, 0.3) is 6.08 Å².